The van der Waals surface area contributed by atoms with Crippen molar-refractivity contribution in [2.75, 3.05) is 26.4 Å². The molecular weight excluding hydrogens is 815 g/mol. The molecule has 6 aromatic rings. The molecule has 0 amide bonds. The molecule has 2 aliphatic heterocycles. The average Bonchev–Trinajstić information content (AvgIpc) is 3.29. The molecule has 1 spiro atoms. The van der Waals surface area contributed by atoms with E-state index in [1.54, 1.807) is 6.07 Å². The molecule has 62 heavy (non-hydrogen) atoms. The maximum atomic E-state index is 14.3. The van der Waals surface area contributed by atoms with E-state index in [0.717, 1.165) is 33.4 Å². The van der Waals surface area contributed by atoms with Gasteiger partial charge in [0.05, 0.1) is 31.8 Å². The molecule has 2 fully saturated rings. The molecule has 8 rings (SSSR count). The van der Waals surface area contributed by atoms with Gasteiger partial charge < -0.3 is 9.05 Å². The fourth-order valence-corrected chi connectivity index (χ4v) is 11.0. The van der Waals surface area contributed by atoms with Gasteiger partial charge in [0.15, 0.2) is 0 Å². The molecule has 10 heteroatoms. The van der Waals surface area contributed by atoms with Gasteiger partial charge in [-0.25, -0.2) is 9.13 Å². The summed E-state index contributed by atoms with van der Waals surface area (Å²) in [7, 11) is -8.26. The predicted octanol–water partition coefficient (Wildman–Crippen LogP) is 13.5. The minimum atomic E-state index is -4.14. The van der Waals surface area contributed by atoms with Crippen LogP contribution >= 0.6 is 15.6 Å². The van der Waals surface area contributed by atoms with Crippen LogP contribution in [0.25, 0.3) is 5.57 Å². The van der Waals surface area contributed by atoms with Crippen molar-refractivity contribution in [2.45, 2.75) is 57.8 Å². The van der Waals surface area contributed by atoms with Crippen molar-refractivity contribution in [3.8, 4) is 11.5 Å². The summed E-state index contributed by atoms with van der Waals surface area (Å²) >= 11 is 0. The number of benzene rings is 6. The summed E-state index contributed by atoms with van der Waals surface area (Å²) in [6.07, 6.45) is 0. The Hall–Kier alpha value is -5.04. The van der Waals surface area contributed by atoms with Gasteiger partial charge in [-0.15, -0.1) is 0 Å². The summed E-state index contributed by atoms with van der Waals surface area (Å²) in [6, 6.07) is 52.3. The first kappa shape index (κ1) is 43.6. The van der Waals surface area contributed by atoms with Gasteiger partial charge in [-0.1, -0.05) is 188 Å². The molecule has 2 heterocycles. The van der Waals surface area contributed by atoms with E-state index in [4.69, 9.17) is 27.1 Å². The predicted molar refractivity (Wildman–Crippen MR) is 246 cm³/mol. The Morgan fingerprint density at radius 3 is 1.31 bits per heavy atom. The summed E-state index contributed by atoms with van der Waals surface area (Å²) in [5.74, 6) is 0.707. The Morgan fingerprint density at radius 2 is 0.855 bits per heavy atom. The first-order valence-electron chi connectivity index (χ1n) is 20.9. The maximum absolute atomic E-state index is 14.3. The second-order valence-corrected chi connectivity index (χ2v) is 21.1. The van der Waals surface area contributed by atoms with Crippen molar-refractivity contribution in [3.05, 3.63) is 209 Å². The van der Waals surface area contributed by atoms with E-state index in [1.807, 2.05) is 109 Å². The number of rotatable bonds is 12. The van der Waals surface area contributed by atoms with Crippen molar-refractivity contribution >= 4 is 21.2 Å². The molecule has 0 radical (unpaired) electrons. The minimum Gasteiger partial charge on any atom is -0.404 e. The molecule has 0 aliphatic carbocycles. The van der Waals surface area contributed by atoms with E-state index in [0.29, 0.717) is 22.6 Å². The highest BCUT2D eigenvalue weighted by atomic mass is 31.2. The van der Waals surface area contributed by atoms with E-state index in [-0.39, 0.29) is 37.3 Å². The van der Waals surface area contributed by atoms with E-state index in [9.17, 15) is 9.13 Å². The van der Waals surface area contributed by atoms with Crippen molar-refractivity contribution in [3.63, 3.8) is 0 Å². The smallest absolute Gasteiger partial charge is 0.404 e. The maximum Gasteiger partial charge on any atom is 0.530 e. The number of hydrogen-bond donors (Lipinski definition) is 0. The van der Waals surface area contributed by atoms with Crippen LogP contribution in [-0.4, -0.2) is 26.4 Å². The average molecular weight is 869 g/mol. The third-order valence-corrected chi connectivity index (χ3v) is 15.2. The standard InChI is InChI=1S/C52H54O8P2/c1-38(39-20-12-8-13-21-39)45-32-43(49(2,3)40-22-14-9-15-23-40)28-30-47(45)59-61(53)55-34-52(35-56-61)36-57-62(54,58-37-52)60-48-31-29-44(50(4,5)41-24-16-10-17-25-41)33-46(48)51(6,7)42-26-18-11-19-27-42/h8-33H,1,34-37H2,2-7H3. The molecule has 0 aromatic heterocycles. The zero-order valence-corrected chi connectivity index (χ0v) is 38.0. The Labute approximate surface area is 366 Å². The zero-order chi connectivity index (χ0) is 43.8. The van der Waals surface area contributed by atoms with Gasteiger partial charge in [0.25, 0.3) is 0 Å². The largest absolute Gasteiger partial charge is 0.530 e. The number of phosphoric ester groups is 2. The molecule has 320 valence electrons. The van der Waals surface area contributed by atoms with Crippen LogP contribution in [0.3, 0.4) is 0 Å². The molecule has 2 saturated heterocycles. The Kier molecular flexibility index (Phi) is 11.9. The molecule has 0 atom stereocenters. The lowest BCUT2D eigenvalue weighted by Gasteiger charge is -2.41. The summed E-state index contributed by atoms with van der Waals surface area (Å²) in [5, 5.41) is 0. The quantitative estimate of drug-likeness (QED) is 0.112. The SMILES string of the molecule is C=C(c1ccccc1)c1cc(C(C)(C)c2ccccc2)ccc1OP1(=O)OCC2(CO1)COP(=O)(Oc1ccc(C(C)(C)c3ccccc3)cc1C(C)(C)c1ccccc1)OC2. The van der Waals surface area contributed by atoms with Gasteiger partial charge >= 0.3 is 15.6 Å². The zero-order valence-electron chi connectivity index (χ0n) is 36.2. The Morgan fingerprint density at radius 1 is 0.484 bits per heavy atom. The van der Waals surface area contributed by atoms with Crippen LogP contribution in [0.2, 0.25) is 0 Å². The fraction of sp³-hybridized carbons (Fsp3) is 0.269. The van der Waals surface area contributed by atoms with Crippen molar-refractivity contribution in [1.82, 2.24) is 0 Å². The van der Waals surface area contributed by atoms with Gasteiger partial charge in [-0.2, -0.15) is 0 Å². The summed E-state index contributed by atoms with van der Waals surface area (Å²) in [6.45, 7) is 17.0. The highest BCUT2D eigenvalue weighted by Gasteiger charge is 2.51. The van der Waals surface area contributed by atoms with Crippen molar-refractivity contribution in [1.29, 1.82) is 0 Å². The first-order chi connectivity index (χ1) is 29.5. The van der Waals surface area contributed by atoms with Crippen LogP contribution < -0.4 is 9.05 Å². The lowest BCUT2D eigenvalue weighted by molar-refractivity contribution is -0.0854. The van der Waals surface area contributed by atoms with Crippen LogP contribution in [0.5, 0.6) is 11.5 Å². The van der Waals surface area contributed by atoms with Crippen LogP contribution in [0.1, 0.15) is 86.1 Å². The van der Waals surface area contributed by atoms with E-state index >= 15 is 0 Å². The van der Waals surface area contributed by atoms with Crippen molar-refractivity contribution < 1.29 is 36.3 Å². The molecule has 0 bridgehead atoms. The third kappa shape index (κ3) is 8.79. The van der Waals surface area contributed by atoms with Crippen LogP contribution in [0.15, 0.2) is 164 Å². The second-order valence-electron chi connectivity index (χ2n) is 17.9. The third-order valence-electron chi connectivity index (χ3n) is 12.5. The molecular formula is C52H54O8P2. The lowest BCUT2D eigenvalue weighted by atomic mass is 9.73. The monoisotopic (exact) mass is 868 g/mol. The van der Waals surface area contributed by atoms with Crippen LogP contribution in [0.4, 0.5) is 0 Å². The van der Waals surface area contributed by atoms with Gasteiger partial charge in [0.2, 0.25) is 0 Å². The lowest BCUT2D eigenvalue weighted by Crippen LogP contribution is -2.46. The second kappa shape index (κ2) is 16.9. The highest BCUT2D eigenvalue weighted by Crippen LogP contribution is 2.61. The minimum absolute atomic E-state index is 0.0832. The fourth-order valence-electron chi connectivity index (χ4n) is 8.10. The molecule has 8 nitrogen and oxygen atoms in total. The van der Waals surface area contributed by atoms with Gasteiger partial charge in [-0.3, -0.25) is 18.1 Å². The summed E-state index contributed by atoms with van der Waals surface area (Å²) < 4.78 is 64.8. The Bertz CT molecular complexity index is 2620. The van der Waals surface area contributed by atoms with Crippen LogP contribution in [0, 0.1) is 5.41 Å². The summed E-state index contributed by atoms with van der Waals surface area (Å²) in [4.78, 5) is 0. The topological polar surface area (TPSA) is 89.5 Å². The van der Waals surface area contributed by atoms with E-state index < -0.39 is 26.5 Å². The van der Waals surface area contributed by atoms with E-state index in [2.05, 4.69) is 90.6 Å². The van der Waals surface area contributed by atoms with Crippen molar-refractivity contribution in [2.24, 2.45) is 5.41 Å². The number of phosphoric acid groups is 2. The molecule has 0 unspecified atom stereocenters. The normalized spacial score (nSPS) is 21.9. The van der Waals surface area contributed by atoms with Crippen LogP contribution in [-0.2, 0) is 43.5 Å². The highest BCUT2D eigenvalue weighted by molar-refractivity contribution is 7.49. The summed E-state index contributed by atoms with van der Waals surface area (Å²) in [5.41, 5.74) is 6.41. The number of hydrogen-bond acceptors (Lipinski definition) is 8. The molecule has 0 saturated carbocycles. The van der Waals surface area contributed by atoms with Gasteiger partial charge in [0.1, 0.15) is 11.5 Å². The van der Waals surface area contributed by atoms with Gasteiger partial charge in [0, 0.05) is 27.4 Å². The first-order valence-corrected chi connectivity index (χ1v) is 23.8. The Balaban J connectivity index is 0.999. The molecule has 0 N–H and O–H groups in total. The molecule has 6 aromatic carbocycles. The van der Waals surface area contributed by atoms with Gasteiger partial charge in [-0.05, 0) is 57.2 Å². The molecule has 2 aliphatic rings. The van der Waals surface area contributed by atoms with E-state index in [1.165, 1.54) is 5.56 Å².